The van der Waals surface area contributed by atoms with Gasteiger partial charge in [0.05, 0.1) is 5.02 Å². The van der Waals surface area contributed by atoms with E-state index in [9.17, 15) is 8.42 Å². The van der Waals surface area contributed by atoms with Crippen molar-refractivity contribution in [3.63, 3.8) is 0 Å². The van der Waals surface area contributed by atoms with E-state index in [1.165, 1.54) is 18.3 Å². The Morgan fingerprint density at radius 2 is 1.92 bits per heavy atom. The summed E-state index contributed by atoms with van der Waals surface area (Å²) in [5.41, 5.74) is 0. The van der Waals surface area contributed by atoms with Gasteiger partial charge in [-0.15, -0.1) is 12.4 Å². The minimum Gasteiger partial charge on any atom is -0.242 e. The van der Waals surface area contributed by atoms with E-state index < -0.39 is 9.05 Å². The minimum atomic E-state index is -3.72. The molecule has 0 aliphatic heterocycles. The van der Waals surface area contributed by atoms with Gasteiger partial charge in [0.25, 0.3) is 9.05 Å². The fraction of sp³-hybridized carbons (Fsp3) is 0. The molecule has 0 fully saturated rings. The van der Waals surface area contributed by atoms with Crippen molar-refractivity contribution in [2.45, 2.75) is 5.03 Å². The summed E-state index contributed by atoms with van der Waals surface area (Å²) in [6.45, 7) is 0. The van der Waals surface area contributed by atoms with Gasteiger partial charge in [-0.25, -0.2) is 13.4 Å². The Bertz CT molecular complexity index is 347. The number of rotatable bonds is 1. The normalized spacial score (nSPS) is 10.5. The molecule has 0 radical (unpaired) electrons. The van der Waals surface area contributed by atoms with Gasteiger partial charge in [0.2, 0.25) is 0 Å². The highest BCUT2D eigenvalue weighted by atomic mass is 35.7. The lowest BCUT2D eigenvalue weighted by Gasteiger charge is -1.92. The van der Waals surface area contributed by atoms with Crippen LogP contribution >= 0.6 is 34.7 Å². The summed E-state index contributed by atoms with van der Waals surface area (Å²) >= 11 is 5.46. The highest BCUT2D eigenvalue weighted by Gasteiger charge is 2.09. The Labute approximate surface area is 85.5 Å². The standard InChI is InChI=1S/C5H3Cl2NO2S.ClH/c6-4-1-2-5(8-3-4)11(7,9)10;/h1-3H;1H. The van der Waals surface area contributed by atoms with Gasteiger partial charge < -0.3 is 0 Å². The van der Waals surface area contributed by atoms with Gasteiger partial charge >= 0.3 is 0 Å². The summed E-state index contributed by atoms with van der Waals surface area (Å²) in [5.74, 6) is 0. The predicted molar refractivity (Wildman–Crippen MR) is 49.5 cm³/mol. The molecule has 0 aliphatic rings. The Kier molecular flexibility index (Phi) is 4.26. The fourth-order valence-electron chi connectivity index (χ4n) is 0.506. The van der Waals surface area contributed by atoms with E-state index in [2.05, 4.69) is 4.98 Å². The topological polar surface area (TPSA) is 47.0 Å². The quantitative estimate of drug-likeness (QED) is 0.715. The van der Waals surface area contributed by atoms with E-state index in [0.29, 0.717) is 5.02 Å². The molecule has 0 aliphatic carbocycles. The van der Waals surface area contributed by atoms with Crippen LogP contribution in [0.2, 0.25) is 5.02 Å². The molecule has 0 saturated carbocycles. The van der Waals surface area contributed by atoms with E-state index in [-0.39, 0.29) is 17.4 Å². The lowest BCUT2D eigenvalue weighted by atomic mass is 10.5. The highest BCUT2D eigenvalue weighted by Crippen LogP contribution is 2.13. The summed E-state index contributed by atoms with van der Waals surface area (Å²) < 4.78 is 21.2. The molecule has 0 amide bonds. The Hall–Kier alpha value is -0.0300. The second kappa shape index (κ2) is 4.28. The molecule has 0 atom stereocenters. The Morgan fingerprint density at radius 3 is 2.25 bits per heavy atom. The molecule has 1 aromatic heterocycles. The summed E-state index contributed by atoms with van der Waals surface area (Å²) in [4.78, 5) is 3.50. The zero-order valence-corrected chi connectivity index (χ0v) is 8.71. The number of pyridine rings is 1. The lowest BCUT2D eigenvalue weighted by molar-refractivity contribution is 0.606. The minimum absolute atomic E-state index is 0. The Balaban J connectivity index is 0.00000121. The SMILES string of the molecule is Cl.O=S(=O)(Cl)c1ccc(Cl)cn1. The average Bonchev–Trinajstić information content (AvgIpc) is 1.86. The van der Waals surface area contributed by atoms with E-state index in [4.69, 9.17) is 22.3 Å². The molecule has 1 rings (SSSR count). The summed E-state index contributed by atoms with van der Waals surface area (Å²) in [6, 6.07) is 2.65. The van der Waals surface area contributed by atoms with Crippen molar-refractivity contribution in [2.24, 2.45) is 0 Å². The number of hydrogen-bond acceptors (Lipinski definition) is 3. The van der Waals surface area contributed by atoms with Gasteiger partial charge in [-0.2, -0.15) is 0 Å². The summed E-state index contributed by atoms with van der Waals surface area (Å²) in [7, 11) is 1.26. The van der Waals surface area contributed by atoms with E-state index >= 15 is 0 Å². The average molecular weight is 249 g/mol. The molecule has 0 bridgehead atoms. The third-order valence-corrected chi connectivity index (χ3v) is 2.39. The maximum atomic E-state index is 10.6. The molecular formula is C5H4Cl3NO2S. The van der Waals surface area contributed by atoms with E-state index in [0.717, 1.165) is 0 Å². The first-order chi connectivity index (χ1) is 5.00. The van der Waals surface area contributed by atoms with Crippen LogP contribution in [-0.2, 0) is 9.05 Å². The molecule has 1 aromatic rings. The number of hydrogen-bond donors (Lipinski definition) is 0. The lowest BCUT2D eigenvalue weighted by Crippen LogP contribution is -1.92. The van der Waals surface area contributed by atoms with E-state index in [1.807, 2.05) is 0 Å². The molecule has 0 spiro atoms. The second-order valence-corrected chi connectivity index (χ2v) is 4.70. The van der Waals surface area contributed by atoms with Gasteiger partial charge in [-0.05, 0) is 12.1 Å². The van der Waals surface area contributed by atoms with Gasteiger partial charge in [0.15, 0.2) is 5.03 Å². The van der Waals surface area contributed by atoms with Crippen molar-refractivity contribution >= 4 is 43.7 Å². The van der Waals surface area contributed by atoms with Crippen molar-refractivity contribution in [3.05, 3.63) is 23.4 Å². The van der Waals surface area contributed by atoms with Gasteiger partial charge in [-0.1, -0.05) is 11.6 Å². The first-order valence-electron chi connectivity index (χ1n) is 2.56. The Morgan fingerprint density at radius 1 is 1.33 bits per heavy atom. The van der Waals surface area contributed by atoms with Crippen LogP contribution in [0.1, 0.15) is 0 Å². The maximum Gasteiger partial charge on any atom is 0.278 e. The number of halogens is 3. The van der Waals surface area contributed by atoms with Gasteiger partial charge in [0.1, 0.15) is 0 Å². The molecular weight excluding hydrogens is 244 g/mol. The van der Waals surface area contributed by atoms with Crippen LogP contribution < -0.4 is 0 Å². The fourth-order valence-corrected chi connectivity index (χ4v) is 1.30. The number of aromatic nitrogens is 1. The van der Waals surface area contributed by atoms with E-state index in [1.54, 1.807) is 0 Å². The second-order valence-electron chi connectivity index (χ2n) is 1.75. The zero-order valence-electron chi connectivity index (χ0n) is 5.57. The molecule has 3 nitrogen and oxygen atoms in total. The van der Waals surface area contributed by atoms with Gasteiger partial charge in [-0.3, -0.25) is 0 Å². The monoisotopic (exact) mass is 247 g/mol. The van der Waals surface area contributed by atoms with Crippen molar-refractivity contribution in [1.82, 2.24) is 4.98 Å². The maximum absolute atomic E-state index is 10.6. The van der Waals surface area contributed by atoms with Crippen LogP contribution in [-0.4, -0.2) is 13.4 Å². The molecule has 0 unspecified atom stereocenters. The van der Waals surface area contributed by atoms with Crippen LogP contribution in [0.15, 0.2) is 23.4 Å². The first kappa shape index (κ1) is 12.0. The van der Waals surface area contributed by atoms with Crippen LogP contribution in [0, 0.1) is 0 Å². The summed E-state index contributed by atoms with van der Waals surface area (Å²) in [5, 5.41) is 0.178. The van der Waals surface area contributed by atoms with Crippen molar-refractivity contribution in [1.29, 1.82) is 0 Å². The van der Waals surface area contributed by atoms with Crippen molar-refractivity contribution in [3.8, 4) is 0 Å². The zero-order chi connectivity index (χ0) is 8.48. The predicted octanol–water partition coefficient (Wildman–Crippen LogP) is 2.08. The van der Waals surface area contributed by atoms with Crippen LogP contribution in [0.5, 0.6) is 0 Å². The number of nitrogens with zero attached hydrogens (tertiary/aromatic N) is 1. The first-order valence-corrected chi connectivity index (χ1v) is 5.25. The molecule has 7 heteroatoms. The molecule has 1 heterocycles. The molecule has 12 heavy (non-hydrogen) atoms. The van der Waals surface area contributed by atoms with Crippen LogP contribution in [0.25, 0.3) is 0 Å². The molecule has 0 saturated heterocycles. The third kappa shape index (κ3) is 3.15. The van der Waals surface area contributed by atoms with Gasteiger partial charge in [0, 0.05) is 16.9 Å². The molecule has 0 aromatic carbocycles. The smallest absolute Gasteiger partial charge is 0.242 e. The summed E-state index contributed by atoms with van der Waals surface area (Å²) in [6.07, 6.45) is 1.22. The van der Waals surface area contributed by atoms with Crippen molar-refractivity contribution in [2.75, 3.05) is 0 Å². The largest absolute Gasteiger partial charge is 0.278 e. The van der Waals surface area contributed by atoms with Crippen molar-refractivity contribution < 1.29 is 8.42 Å². The third-order valence-electron chi connectivity index (χ3n) is 0.950. The van der Waals surface area contributed by atoms with Crippen LogP contribution in [0.3, 0.4) is 0 Å². The molecule has 0 N–H and O–H groups in total. The highest BCUT2D eigenvalue weighted by molar-refractivity contribution is 8.13. The molecule has 68 valence electrons. The van der Waals surface area contributed by atoms with Crippen LogP contribution in [0.4, 0.5) is 0 Å².